The number of hydrogen-bond donors (Lipinski definition) is 2. The molecule has 0 unspecified atom stereocenters. The number of halogens is 1. The molecule has 0 atom stereocenters. The third-order valence-electron chi connectivity index (χ3n) is 4.30. The number of nitrogens with zero attached hydrogens (tertiary/aromatic N) is 2. The van der Waals surface area contributed by atoms with Crippen LogP contribution < -0.4 is 10.6 Å². The maximum Gasteiger partial charge on any atom is 0.270 e. The van der Waals surface area contributed by atoms with Crippen molar-refractivity contribution in [1.29, 1.82) is 0 Å². The van der Waals surface area contributed by atoms with Gasteiger partial charge in [0.15, 0.2) is 0 Å². The Morgan fingerprint density at radius 3 is 2.61 bits per heavy atom. The predicted octanol–water partition coefficient (Wildman–Crippen LogP) is 4.85. The van der Waals surface area contributed by atoms with Crippen LogP contribution in [0.3, 0.4) is 0 Å². The fourth-order valence-electron chi connectivity index (χ4n) is 2.82. The van der Waals surface area contributed by atoms with Gasteiger partial charge in [0.2, 0.25) is 5.95 Å². The highest BCUT2D eigenvalue weighted by molar-refractivity contribution is 6.30. The standard InChI is InChI=1S/C22H23ClN4O/c1-15-10-11-18(23)14-19(15)26-22-25-16(2)13-20(27-22)21(28)24-12-6-9-17-7-4-3-5-8-17/h3-5,7-8,10-11,13-14H,6,9,12H2,1-2H3,(H,24,28)(H,25,26,27). The minimum Gasteiger partial charge on any atom is -0.351 e. The number of amides is 1. The maximum atomic E-state index is 12.5. The first kappa shape index (κ1) is 19.8. The third-order valence-corrected chi connectivity index (χ3v) is 4.54. The van der Waals surface area contributed by atoms with Crippen LogP contribution in [0.2, 0.25) is 5.02 Å². The molecule has 0 aliphatic heterocycles. The van der Waals surface area contributed by atoms with Gasteiger partial charge in [-0.25, -0.2) is 9.97 Å². The molecular formula is C22H23ClN4O. The van der Waals surface area contributed by atoms with E-state index in [0.29, 0.717) is 28.9 Å². The highest BCUT2D eigenvalue weighted by Crippen LogP contribution is 2.23. The Hall–Kier alpha value is -2.92. The molecule has 0 fully saturated rings. The monoisotopic (exact) mass is 394 g/mol. The second-order valence-corrected chi connectivity index (χ2v) is 7.08. The maximum absolute atomic E-state index is 12.5. The fourth-order valence-corrected chi connectivity index (χ4v) is 2.99. The lowest BCUT2D eigenvalue weighted by Gasteiger charge is -2.11. The number of aromatic nitrogens is 2. The summed E-state index contributed by atoms with van der Waals surface area (Å²) in [6.45, 7) is 4.39. The van der Waals surface area contributed by atoms with Gasteiger partial charge in [-0.15, -0.1) is 0 Å². The molecule has 0 bridgehead atoms. The Bertz CT molecular complexity index is 960. The molecule has 1 amide bonds. The van der Waals surface area contributed by atoms with Crippen LogP contribution in [0.15, 0.2) is 54.6 Å². The van der Waals surface area contributed by atoms with E-state index in [4.69, 9.17) is 11.6 Å². The van der Waals surface area contributed by atoms with E-state index in [1.807, 2.05) is 50.2 Å². The molecule has 3 rings (SSSR count). The summed E-state index contributed by atoms with van der Waals surface area (Å²) in [5, 5.41) is 6.70. The van der Waals surface area contributed by atoms with Crippen LogP contribution in [0.5, 0.6) is 0 Å². The molecule has 0 radical (unpaired) electrons. The van der Waals surface area contributed by atoms with Gasteiger partial charge in [0, 0.05) is 22.9 Å². The number of benzene rings is 2. The zero-order chi connectivity index (χ0) is 19.9. The van der Waals surface area contributed by atoms with Crippen molar-refractivity contribution < 1.29 is 4.79 Å². The van der Waals surface area contributed by atoms with Gasteiger partial charge in [-0.05, 0) is 56.0 Å². The molecule has 0 saturated carbocycles. The Morgan fingerprint density at radius 2 is 1.82 bits per heavy atom. The molecule has 2 N–H and O–H groups in total. The molecule has 6 heteroatoms. The van der Waals surface area contributed by atoms with Crippen LogP contribution in [-0.4, -0.2) is 22.4 Å². The summed E-state index contributed by atoms with van der Waals surface area (Å²) in [5.41, 5.74) is 4.15. The Kier molecular flexibility index (Phi) is 6.61. The number of carbonyl (C=O) groups is 1. The average molecular weight is 395 g/mol. The number of aryl methyl sites for hydroxylation is 3. The third kappa shape index (κ3) is 5.54. The molecule has 1 heterocycles. The Labute approximate surface area is 170 Å². The minimum absolute atomic E-state index is 0.204. The molecule has 2 aromatic carbocycles. The zero-order valence-corrected chi connectivity index (χ0v) is 16.8. The first-order valence-electron chi connectivity index (χ1n) is 9.22. The largest absolute Gasteiger partial charge is 0.351 e. The van der Waals surface area contributed by atoms with Gasteiger partial charge in [-0.2, -0.15) is 0 Å². The molecule has 5 nitrogen and oxygen atoms in total. The normalized spacial score (nSPS) is 10.5. The second kappa shape index (κ2) is 9.33. The summed E-state index contributed by atoms with van der Waals surface area (Å²) in [4.78, 5) is 21.2. The summed E-state index contributed by atoms with van der Waals surface area (Å²) in [5.74, 6) is 0.171. The van der Waals surface area contributed by atoms with Crippen LogP contribution in [0.25, 0.3) is 0 Å². The number of anilines is 2. The van der Waals surface area contributed by atoms with E-state index in [1.165, 1.54) is 5.56 Å². The predicted molar refractivity (Wildman–Crippen MR) is 113 cm³/mol. The molecule has 0 saturated heterocycles. The molecule has 144 valence electrons. The van der Waals surface area contributed by atoms with Gasteiger partial charge >= 0.3 is 0 Å². The lowest BCUT2D eigenvalue weighted by molar-refractivity contribution is 0.0948. The average Bonchev–Trinajstić information content (AvgIpc) is 2.68. The van der Waals surface area contributed by atoms with Crippen molar-refractivity contribution in [2.24, 2.45) is 0 Å². The topological polar surface area (TPSA) is 66.9 Å². The van der Waals surface area contributed by atoms with Crippen LogP contribution in [-0.2, 0) is 6.42 Å². The molecular weight excluding hydrogens is 372 g/mol. The number of nitrogens with one attached hydrogen (secondary N) is 2. The van der Waals surface area contributed by atoms with Gasteiger partial charge in [0.05, 0.1) is 0 Å². The van der Waals surface area contributed by atoms with Gasteiger partial charge in [0.1, 0.15) is 5.69 Å². The first-order valence-corrected chi connectivity index (χ1v) is 9.60. The van der Waals surface area contributed by atoms with Crippen molar-refractivity contribution in [1.82, 2.24) is 15.3 Å². The van der Waals surface area contributed by atoms with Gasteiger partial charge in [0.25, 0.3) is 5.91 Å². The Balaban J connectivity index is 1.62. The smallest absolute Gasteiger partial charge is 0.270 e. The summed E-state index contributed by atoms with van der Waals surface area (Å²) in [7, 11) is 0. The molecule has 0 aliphatic carbocycles. The van der Waals surface area contributed by atoms with Crippen molar-refractivity contribution in [3.8, 4) is 0 Å². The van der Waals surface area contributed by atoms with Crippen LogP contribution >= 0.6 is 11.6 Å². The molecule has 1 aromatic heterocycles. The van der Waals surface area contributed by atoms with E-state index in [2.05, 4.69) is 32.7 Å². The Morgan fingerprint density at radius 1 is 1.04 bits per heavy atom. The summed E-state index contributed by atoms with van der Waals surface area (Å²) in [6.07, 6.45) is 1.79. The van der Waals surface area contributed by atoms with E-state index >= 15 is 0 Å². The number of carbonyl (C=O) groups excluding carboxylic acids is 1. The fraction of sp³-hybridized carbons (Fsp3) is 0.227. The van der Waals surface area contributed by atoms with Crippen LogP contribution in [0, 0.1) is 13.8 Å². The van der Waals surface area contributed by atoms with E-state index in [0.717, 1.165) is 24.1 Å². The highest BCUT2D eigenvalue weighted by atomic mass is 35.5. The quantitative estimate of drug-likeness (QED) is 0.562. The SMILES string of the molecule is Cc1cc(C(=O)NCCCc2ccccc2)nc(Nc2cc(Cl)ccc2C)n1. The van der Waals surface area contributed by atoms with Crippen LogP contribution in [0.1, 0.15) is 33.7 Å². The minimum atomic E-state index is -0.204. The van der Waals surface area contributed by atoms with E-state index < -0.39 is 0 Å². The first-order chi connectivity index (χ1) is 13.5. The van der Waals surface area contributed by atoms with Gasteiger partial charge in [-0.3, -0.25) is 4.79 Å². The molecule has 0 aliphatic rings. The molecule has 3 aromatic rings. The number of hydrogen-bond acceptors (Lipinski definition) is 4. The second-order valence-electron chi connectivity index (χ2n) is 6.65. The van der Waals surface area contributed by atoms with Crippen LogP contribution in [0.4, 0.5) is 11.6 Å². The van der Waals surface area contributed by atoms with Crippen molar-refractivity contribution in [2.45, 2.75) is 26.7 Å². The van der Waals surface area contributed by atoms with Crippen molar-refractivity contribution >= 4 is 29.1 Å². The van der Waals surface area contributed by atoms with E-state index in [9.17, 15) is 4.79 Å². The summed E-state index contributed by atoms with van der Waals surface area (Å²) < 4.78 is 0. The van der Waals surface area contributed by atoms with Gasteiger partial charge < -0.3 is 10.6 Å². The lowest BCUT2D eigenvalue weighted by Crippen LogP contribution is -2.26. The van der Waals surface area contributed by atoms with Crippen molar-refractivity contribution in [3.63, 3.8) is 0 Å². The summed E-state index contributed by atoms with van der Waals surface area (Å²) in [6, 6.07) is 17.5. The van der Waals surface area contributed by atoms with E-state index in [1.54, 1.807) is 6.07 Å². The summed E-state index contributed by atoms with van der Waals surface area (Å²) >= 11 is 6.07. The van der Waals surface area contributed by atoms with Gasteiger partial charge in [-0.1, -0.05) is 48.0 Å². The zero-order valence-electron chi connectivity index (χ0n) is 16.0. The highest BCUT2D eigenvalue weighted by Gasteiger charge is 2.11. The number of rotatable bonds is 7. The van der Waals surface area contributed by atoms with Crippen molar-refractivity contribution in [2.75, 3.05) is 11.9 Å². The van der Waals surface area contributed by atoms with Crippen molar-refractivity contribution in [3.05, 3.63) is 82.1 Å². The molecule has 28 heavy (non-hydrogen) atoms. The lowest BCUT2D eigenvalue weighted by atomic mass is 10.1. The van der Waals surface area contributed by atoms with E-state index in [-0.39, 0.29) is 5.91 Å². The molecule has 0 spiro atoms.